The second kappa shape index (κ2) is 7.72. The molecule has 3 heterocycles. The molecule has 0 aliphatic carbocycles. The number of fused-ring (bicyclic) bond motifs is 1. The summed E-state index contributed by atoms with van der Waals surface area (Å²) >= 11 is 5.86. The first-order valence-corrected chi connectivity index (χ1v) is 8.84. The molecule has 0 bridgehead atoms. The quantitative estimate of drug-likeness (QED) is 0.497. The van der Waals surface area contributed by atoms with Crippen LogP contribution >= 0.6 is 11.6 Å². The van der Waals surface area contributed by atoms with Gasteiger partial charge in [-0.3, -0.25) is 9.88 Å². The molecule has 1 aliphatic rings. The summed E-state index contributed by atoms with van der Waals surface area (Å²) in [6.45, 7) is 7.11. The zero-order valence-corrected chi connectivity index (χ0v) is 15.5. The molecule has 2 aromatic rings. The molecular formula is C17H22ClF3N4. The SMILES string of the molecule is CC.Cc1ncc2c(N3CCCCC(C)C3(F)F)nc(Cl)nc2c1F. The molecule has 0 spiro atoms. The summed E-state index contributed by atoms with van der Waals surface area (Å²) in [5, 5.41) is -0.115. The predicted molar refractivity (Wildman–Crippen MR) is 93.7 cm³/mol. The van der Waals surface area contributed by atoms with Crippen molar-refractivity contribution in [2.75, 3.05) is 11.4 Å². The molecular weight excluding hydrogens is 353 g/mol. The van der Waals surface area contributed by atoms with Gasteiger partial charge in [-0.15, -0.1) is 0 Å². The number of hydrogen-bond acceptors (Lipinski definition) is 4. The third-order valence-electron chi connectivity index (χ3n) is 4.29. The van der Waals surface area contributed by atoms with Crippen molar-refractivity contribution < 1.29 is 13.2 Å². The molecule has 25 heavy (non-hydrogen) atoms. The van der Waals surface area contributed by atoms with Gasteiger partial charge in [-0.25, -0.2) is 9.37 Å². The highest BCUT2D eigenvalue weighted by molar-refractivity contribution is 6.28. The smallest absolute Gasteiger partial charge is 0.297 e. The van der Waals surface area contributed by atoms with Crippen molar-refractivity contribution >= 4 is 28.3 Å². The Balaban J connectivity index is 0.00000109. The van der Waals surface area contributed by atoms with Crippen LogP contribution in [0.2, 0.25) is 5.28 Å². The van der Waals surface area contributed by atoms with E-state index in [-0.39, 0.29) is 34.2 Å². The molecule has 2 aromatic heterocycles. The number of hydrogen-bond donors (Lipinski definition) is 0. The van der Waals surface area contributed by atoms with Crippen LogP contribution in [-0.2, 0) is 0 Å². The number of pyridine rings is 1. The lowest BCUT2D eigenvalue weighted by Gasteiger charge is -2.34. The summed E-state index contributed by atoms with van der Waals surface area (Å²) < 4.78 is 43.8. The van der Waals surface area contributed by atoms with E-state index < -0.39 is 17.8 Å². The van der Waals surface area contributed by atoms with Crippen LogP contribution in [0.1, 0.15) is 45.7 Å². The largest absolute Gasteiger partial charge is 0.329 e. The van der Waals surface area contributed by atoms with E-state index in [0.717, 1.165) is 4.90 Å². The second-order valence-electron chi connectivity index (χ2n) is 5.87. The molecule has 4 nitrogen and oxygen atoms in total. The molecule has 0 amide bonds. The van der Waals surface area contributed by atoms with Crippen LogP contribution in [0.25, 0.3) is 10.9 Å². The maximum absolute atomic E-state index is 14.8. The van der Waals surface area contributed by atoms with Gasteiger partial charge in [0.15, 0.2) is 5.82 Å². The first-order chi connectivity index (χ1) is 11.8. The Bertz CT molecular complexity index is 754. The molecule has 0 saturated carbocycles. The topological polar surface area (TPSA) is 41.9 Å². The van der Waals surface area contributed by atoms with Crippen molar-refractivity contribution in [3.63, 3.8) is 0 Å². The van der Waals surface area contributed by atoms with Crippen molar-refractivity contribution in [1.82, 2.24) is 15.0 Å². The van der Waals surface area contributed by atoms with E-state index in [0.29, 0.717) is 19.3 Å². The molecule has 1 unspecified atom stereocenters. The molecule has 0 aromatic carbocycles. The van der Waals surface area contributed by atoms with E-state index >= 15 is 0 Å². The minimum atomic E-state index is -3.09. The highest BCUT2D eigenvalue weighted by Crippen LogP contribution is 2.40. The van der Waals surface area contributed by atoms with Gasteiger partial charge in [-0.2, -0.15) is 13.8 Å². The predicted octanol–water partition coefficient (Wildman–Crippen LogP) is 5.37. The van der Waals surface area contributed by atoms with Crippen LogP contribution in [0.3, 0.4) is 0 Å². The lowest BCUT2D eigenvalue weighted by molar-refractivity contribution is -0.0513. The van der Waals surface area contributed by atoms with E-state index in [1.807, 2.05) is 13.8 Å². The third kappa shape index (κ3) is 3.66. The molecule has 1 saturated heterocycles. The van der Waals surface area contributed by atoms with Crippen LogP contribution in [0.15, 0.2) is 6.20 Å². The maximum atomic E-state index is 14.8. The highest BCUT2D eigenvalue weighted by Gasteiger charge is 2.45. The van der Waals surface area contributed by atoms with Gasteiger partial charge in [0.2, 0.25) is 5.28 Å². The zero-order valence-electron chi connectivity index (χ0n) is 14.8. The number of nitrogens with zero attached hydrogens (tertiary/aromatic N) is 4. The Morgan fingerprint density at radius 3 is 2.60 bits per heavy atom. The Kier molecular flexibility index (Phi) is 6.08. The summed E-state index contributed by atoms with van der Waals surface area (Å²) in [6, 6.07) is -3.09. The molecule has 8 heteroatoms. The molecule has 1 atom stereocenters. The number of aryl methyl sites for hydroxylation is 1. The Morgan fingerprint density at radius 1 is 1.24 bits per heavy atom. The highest BCUT2D eigenvalue weighted by atomic mass is 35.5. The fourth-order valence-electron chi connectivity index (χ4n) is 2.87. The van der Waals surface area contributed by atoms with Crippen LogP contribution in [0, 0.1) is 18.7 Å². The summed E-state index contributed by atoms with van der Waals surface area (Å²) in [5.41, 5.74) is 0.0504. The molecule has 1 fully saturated rings. The van der Waals surface area contributed by atoms with Crippen molar-refractivity contribution in [1.29, 1.82) is 0 Å². The number of anilines is 1. The summed E-state index contributed by atoms with van der Waals surface area (Å²) in [5.74, 6) is -1.57. The van der Waals surface area contributed by atoms with Crippen molar-refractivity contribution in [3.05, 3.63) is 23.0 Å². The van der Waals surface area contributed by atoms with E-state index in [9.17, 15) is 13.2 Å². The average Bonchev–Trinajstić information content (AvgIpc) is 2.71. The Morgan fingerprint density at radius 2 is 1.92 bits per heavy atom. The Labute approximate surface area is 150 Å². The van der Waals surface area contributed by atoms with Gasteiger partial charge >= 0.3 is 6.05 Å². The standard InChI is InChI=1S/C15H16ClF3N4.C2H6/c1-8-5-3-4-6-23(15(8,18)19)13-10-7-20-9(2)11(17)12(10)21-14(16)22-13;1-2/h7-8H,3-6H2,1-2H3;1-2H3. The lowest BCUT2D eigenvalue weighted by atomic mass is 10.0. The van der Waals surface area contributed by atoms with Crippen LogP contribution in [0.5, 0.6) is 0 Å². The van der Waals surface area contributed by atoms with E-state index in [2.05, 4.69) is 15.0 Å². The molecule has 1 aliphatic heterocycles. The van der Waals surface area contributed by atoms with E-state index in [1.165, 1.54) is 20.0 Å². The first kappa shape index (κ1) is 19.7. The Hall–Kier alpha value is -1.63. The molecule has 3 rings (SSSR count). The van der Waals surface area contributed by atoms with Gasteiger partial charge in [0.1, 0.15) is 11.3 Å². The normalized spacial score (nSPS) is 20.0. The fourth-order valence-corrected chi connectivity index (χ4v) is 3.03. The monoisotopic (exact) mass is 374 g/mol. The zero-order chi connectivity index (χ0) is 18.8. The fraction of sp³-hybridized carbons (Fsp3) is 0.588. The van der Waals surface area contributed by atoms with E-state index in [1.54, 1.807) is 0 Å². The molecule has 0 N–H and O–H groups in total. The summed E-state index contributed by atoms with van der Waals surface area (Å²) in [6.07, 6.45) is 3.05. The third-order valence-corrected chi connectivity index (χ3v) is 4.46. The molecule has 0 radical (unpaired) electrons. The first-order valence-electron chi connectivity index (χ1n) is 8.46. The van der Waals surface area contributed by atoms with Gasteiger partial charge < -0.3 is 0 Å². The van der Waals surface area contributed by atoms with Crippen molar-refractivity contribution in [2.45, 2.75) is 53.0 Å². The number of rotatable bonds is 1. The summed E-state index contributed by atoms with van der Waals surface area (Å²) in [4.78, 5) is 12.6. The lowest BCUT2D eigenvalue weighted by Crippen LogP contribution is -2.46. The van der Waals surface area contributed by atoms with Gasteiger partial charge in [0, 0.05) is 18.7 Å². The summed E-state index contributed by atoms with van der Waals surface area (Å²) in [7, 11) is 0. The van der Waals surface area contributed by atoms with Crippen LogP contribution in [0.4, 0.5) is 19.0 Å². The van der Waals surface area contributed by atoms with Gasteiger partial charge in [0.25, 0.3) is 0 Å². The van der Waals surface area contributed by atoms with Crippen LogP contribution in [-0.4, -0.2) is 27.5 Å². The number of halogens is 4. The van der Waals surface area contributed by atoms with Crippen molar-refractivity contribution in [3.8, 4) is 0 Å². The number of alkyl halides is 2. The van der Waals surface area contributed by atoms with E-state index in [4.69, 9.17) is 11.6 Å². The second-order valence-corrected chi connectivity index (χ2v) is 6.21. The number of aromatic nitrogens is 3. The minimum absolute atomic E-state index is 0.0647. The minimum Gasteiger partial charge on any atom is -0.297 e. The van der Waals surface area contributed by atoms with Gasteiger partial charge in [-0.1, -0.05) is 27.2 Å². The maximum Gasteiger partial charge on any atom is 0.329 e. The average molecular weight is 375 g/mol. The van der Waals surface area contributed by atoms with Gasteiger partial charge in [0.05, 0.1) is 11.1 Å². The van der Waals surface area contributed by atoms with Crippen LogP contribution < -0.4 is 4.90 Å². The molecule has 138 valence electrons. The van der Waals surface area contributed by atoms with Crippen molar-refractivity contribution in [2.24, 2.45) is 5.92 Å². The van der Waals surface area contributed by atoms with Gasteiger partial charge in [-0.05, 0) is 31.4 Å².